The van der Waals surface area contributed by atoms with Crippen LogP contribution in [0.15, 0.2) is 65.4 Å². The Morgan fingerprint density at radius 2 is 1.91 bits per heavy atom. The van der Waals surface area contributed by atoms with Crippen LogP contribution in [0.3, 0.4) is 0 Å². The number of aryl methyl sites for hydroxylation is 3. The van der Waals surface area contributed by atoms with Crippen molar-refractivity contribution in [1.82, 2.24) is 29.8 Å². The highest BCUT2D eigenvalue weighted by molar-refractivity contribution is 5.76. The number of likely N-dealkylation sites (tertiary alicyclic amines) is 1. The standard InChI is InChI=1S/C25H26N6O2/c1-17-13-18(2)31(28-17)12-10-23(32)30-15-21(20-9-6-11-26-14-20)22(16-30)25-27-24(29-33-25)19-7-4-3-5-8-19/h3-9,11,13-14,21-22H,10,12,15-16H2,1-2H3/t21-,22+/m0/s1. The van der Waals surface area contributed by atoms with E-state index in [1.54, 1.807) is 6.20 Å². The number of rotatable bonds is 6. The van der Waals surface area contributed by atoms with Crippen molar-refractivity contribution < 1.29 is 9.32 Å². The maximum atomic E-state index is 13.1. The van der Waals surface area contributed by atoms with Gasteiger partial charge < -0.3 is 9.42 Å². The summed E-state index contributed by atoms with van der Waals surface area (Å²) in [6.07, 6.45) is 4.01. The molecule has 2 atom stereocenters. The Morgan fingerprint density at radius 3 is 2.64 bits per heavy atom. The lowest BCUT2D eigenvalue weighted by Gasteiger charge is -2.16. The molecule has 1 aromatic carbocycles. The average molecular weight is 443 g/mol. The quantitative estimate of drug-likeness (QED) is 0.452. The number of pyridine rings is 1. The van der Waals surface area contributed by atoms with Crippen molar-refractivity contribution in [1.29, 1.82) is 0 Å². The number of carbonyl (C=O) groups excluding carboxylic acids is 1. The van der Waals surface area contributed by atoms with Gasteiger partial charge in [0, 0.05) is 55.6 Å². The van der Waals surface area contributed by atoms with Gasteiger partial charge in [0.2, 0.25) is 17.6 Å². The summed E-state index contributed by atoms with van der Waals surface area (Å²) in [6, 6.07) is 15.7. The first-order chi connectivity index (χ1) is 16.1. The van der Waals surface area contributed by atoms with E-state index < -0.39 is 0 Å². The van der Waals surface area contributed by atoms with E-state index in [1.165, 1.54) is 0 Å². The van der Waals surface area contributed by atoms with Crippen molar-refractivity contribution in [2.45, 2.75) is 38.6 Å². The van der Waals surface area contributed by atoms with Crippen LogP contribution in [0.4, 0.5) is 0 Å². The van der Waals surface area contributed by atoms with Gasteiger partial charge in [-0.05, 0) is 31.5 Å². The number of hydrogen-bond acceptors (Lipinski definition) is 6. The molecule has 1 aliphatic rings. The van der Waals surface area contributed by atoms with E-state index in [1.807, 2.05) is 78.2 Å². The largest absolute Gasteiger partial charge is 0.341 e. The number of hydrogen-bond donors (Lipinski definition) is 0. The van der Waals surface area contributed by atoms with Crippen LogP contribution in [0.2, 0.25) is 0 Å². The second-order valence-corrected chi connectivity index (χ2v) is 8.52. The molecule has 8 nitrogen and oxygen atoms in total. The third kappa shape index (κ3) is 4.41. The molecule has 0 aliphatic carbocycles. The molecule has 0 radical (unpaired) electrons. The molecule has 0 unspecified atom stereocenters. The highest BCUT2D eigenvalue weighted by Crippen LogP contribution is 2.39. The fourth-order valence-electron chi connectivity index (χ4n) is 4.54. The molecule has 0 spiro atoms. The molecular weight excluding hydrogens is 416 g/mol. The maximum Gasteiger partial charge on any atom is 0.232 e. The molecule has 0 bridgehead atoms. The van der Waals surface area contributed by atoms with Gasteiger partial charge in [0.1, 0.15) is 0 Å². The smallest absolute Gasteiger partial charge is 0.232 e. The zero-order valence-electron chi connectivity index (χ0n) is 18.8. The van der Waals surface area contributed by atoms with Gasteiger partial charge in [-0.25, -0.2) is 0 Å². The summed E-state index contributed by atoms with van der Waals surface area (Å²) in [5.74, 6) is 1.17. The summed E-state index contributed by atoms with van der Waals surface area (Å²) in [5.41, 5.74) is 3.99. The molecule has 0 saturated carbocycles. The van der Waals surface area contributed by atoms with Crippen LogP contribution in [0.5, 0.6) is 0 Å². The Kier molecular flexibility index (Phi) is 5.73. The minimum Gasteiger partial charge on any atom is -0.341 e. The second kappa shape index (κ2) is 8.97. The van der Waals surface area contributed by atoms with Crippen LogP contribution in [0, 0.1) is 13.8 Å². The van der Waals surface area contributed by atoms with Gasteiger partial charge in [-0.3, -0.25) is 14.5 Å². The van der Waals surface area contributed by atoms with E-state index in [9.17, 15) is 4.79 Å². The molecule has 8 heteroatoms. The van der Waals surface area contributed by atoms with Crippen LogP contribution >= 0.6 is 0 Å². The summed E-state index contributed by atoms with van der Waals surface area (Å²) in [5, 5.41) is 8.67. The first-order valence-electron chi connectivity index (χ1n) is 11.2. The lowest BCUT2D eigenvalue weighted by molar-refractivity contribution is -0.130. The summed E-state index contributed by atoms with van der Waals surface area (Å²) in [7, 11) is 0. The van der Waals surface area contributed by atoms with Gasteiger partial charge in [0.05, 0.1) is 11.6 Å². The number of nitrogens with zero attached hydrogens (tertiary/aromatic N) is 6. The minimum atomic E-state index is -0.0863. The van der Waals surface area contributed by atoms with Crippen molar-refractivity contribution in [3.8, 4) is 11.4 Å². The lowest BCUT2D eigenvalue weighted by Crippen LogP contribution is -2.29. The highest BCUT2D eigenvalue weighted by Gasteiger charge is 2.40. The minimum absolute atomic E-state index is 0.0420. The predicted molar refractivity (Wildman–Crippen MR) is 122 cm³/mol. The molecular formula is C25H26N6O2. The lowest BCUT2D eigenvalue weighted by atomic mass is 9.90. The fourth-order valence-corrected chi connectivity index (χ4v) is 4.54. The number of amides is 1. The Hall–Kier alpha value is -3.81. The van der Waals surface area contributed by atoms with Crippen LogP contribution in [-0.4, -0.2) is 48.8 Å². The van der Waals surface area contributed by atoms with Crippen molar-refractivity contribution in [3.05, 3.63) is 83.8 Å². The second-order valence-electron chi connectivity index (χ2n) is 8.52. The van der Waals surface area contributed by atoms with E-state index in [2.05, 4.69) is 20.2 Å². The SMILES string of the molecule is Cc1cc(C)n(CCC(=O)N2C[C@@H](c3cccnc3)[C@H](c3nc(-c4ccccc4)no3)C2)n1. The van der Waals surface area contributed by atoms with Crippen LogP contribution in [-0.2, 0) is 11.3 Å². The topological polar surface area (TPSA) is 89.9 Å². The van der Waals surface area contributed by atoms with E-state index in [0.717, 1.165) is 22.5 Å². The number of aromatic nitrogens is 5. The molecule has 1 saturated heterocycles. The van der Waals surface area contributed by atoms with Crippen LogP contribution in [0.1, 0.15) is 41.1 Å². The monoisotopic (exact) mass is 442 g/mol. The molecule has 0 N–H and O–H groups in total. The molecule has 168 valence electrons. The highest BCUT2D eigenvalue weighted by atomic mass is 16.5. The molecule has 3 aromatic heterocycles. The van der Waals surface area contributed by atoms with E-state index in [0.29, 0.717) is 37.8 Å². The Bertz CT molecular complexity index is 1230. The number of benzene rings is 1. The molecule has 1 fully saturated rings. The molecule has 1 amide bonds. The third-order valence-corrected chi connectivity index (χ3v) is 6.22. The van der Waals surface area contributed by atoms with Gasteiger partial charge in [0.15, 0.2) is 0 Å². The molecule has 5 rings (SSSR count). The van der Waals surface area contributed by atoms with Crippen LogP contribution in [0.25, 0.3) is 11.4 Å². The zero-order valence-corrected chi connectivity index (χ0v) is 18.8. The first kappa shape index (κ1) is 21.1. The van der Waals surface area contributed by atoms with Crippen molar-refractivity contribution in [2.24, 2.45) is 0 Å². The van der Waals surface area contributed by atoms with Crippen molar-refractivity contribution in [3.63, 3.8) is 0 Å². The Morgan fingerprint density at radius 1 is 1.09 bits per heavy atom. The average Bonchev–Trinajstić information content (AvgIpc) is 3.57. The third-order valence-electron chi connectivity index (χ3n) is 6.22. The van der Waals surface area contributed by atoms with Gasteiger partial charge in [-0.1, -0.05) is 41.6 Å². The summed E-state index contributed by atoms with van der Waals surface area (Å²) < 4.78 is 7.59. The molecule has 33 heavy (non-hydrogen) atoms. The summed E-state index contributed by atoms with van der Waals surface area (Å²) in [4.78, 5) is 24.0. The van der Waals surface area contributed by atoms with Crippen molar-refractivity contribution >= 4 is 5.91 Å². The van der Waals surface area contributed by atoms with E-state index in [4.69, 9.17) is 4.52 Å². The first-order valence-corrected chi connectivity index (χ1v) is 11.2. The summed E-state index contributed by atoms with van der Waals surface area (Å²) in [6.45, 7) is 5.66. The Labute approximate surface area is 192 Å². The zero-order chi connectivity index (χ0) is 22.8. The van der Waals surface area contributed by atoms with Gasteiger partial charge in [0.25, 0.3) is 0 Å². The van der Waals surface area contributed by atoms with Crippen molar-refractivity contribution in [2.75, 3.05) is 13.1 Å². The molecule has 4 heterocycles. The maximum absolute atomic E-state index is 13.1. The molecule has 4 aromatic rings. The van der Waals surface area contributed by atoms with Gasteiger partial charge in [-0.2, -0.15) is 10.1 Å². The normalized spacial score (nSPS) is 18.1. The van der Waals surface area contributed by atoms with Gasteiger partial charge in [-0.15, -0.1) is 0 Å². The van der Waals surface area contributed by atoms with E-state index in [-0.39, 0.29) is 17.7 Å². The van der Waals surface area contributed by atoms with Gasteiger partial charge >= 0.3 is 0 Å². The molecule has 1 aliphatic heterocycles. The predicted octanol–water partition coefficient (Wildman–Crippen LogP) is 3.74. The Balaban J connectivity index is 1.36. The van der Waals surface area contributed by atoms with E-state index >= 15 is 0 Å². The fraction of sp³-hybridized carbons (Fsp3) is 0.320. The summed E-state index contributed by atoms with van der Waals surface area (Å²) >= 11 is 0. The van der Waals surface area contributed by atoms with Crippen LogP contribution < -0.4 is 0 Å². The number of carbonyl (C=O) groups is 1.